The van der Waals surface area contributed by atoms with Gasteiger partial charge in [-0.05, 0) is 29.7 Å². The molecule has 0 fully saturated rings. The minimum atomic E-state index is 1.29. The van der Waals surface area contributed by atoms with Gasteiger partial charge in [-0.2, -0.15) is 0 Å². The fourth-order valence-corrected chi connectivity index (χ4v) is 1.45. The van der Waals surface area contributed by atoms with Crippen molar-refractivity contribution < 1.29 is 0 Å². The van der Waals surface area contributed by atoms with Crippen molar-refractivity contribution >= 4 is 5.57 Å². The van der Waals surface area contributed by atoms with Crippen molar-refractivity contribution in [1.82, 2.24) is 0 Å². The maximum atomic E-state index is 2.20. The van der Waals surface area contributed by atoms with Crippen LogP contribution in [0.2, 0.25) is 0 Å². The molecule has 0 aromatic heterocycles. The van der Waals surface area contributed by atoms with Crippen LogP contribution in [0.1, 0.15) is 12.5 Å². The van der Waals surface area contributed by atoms with Crippen LogP contribution < -0.4 is 0 Å². The van der Waals surface area contributed by atoms with Gasteiger partial charge in [-0.15, -0.1) is 0 Å². The molecule has 0 nitrogen and oxygen atoms in total. The van der Waals surface area contributed by atoms with Crippen LogP contribution in [0.5, 0.6) is 0 Å². The van der Waals surface area contributed by atoms with Crippen molar-refractivity contribution in [3.63, 3.8) is 0 Å². The van der Waals surface area contributed by atoms with E-state index in [0.717, 1.165) is 0 Å². The predicted molar refractivity (Wildman–Crippen MR) is 57.3 cm³/mol. The third-order valence-electron chi connectivity index (χ3n) is 2.22. The highest BCUT2D eigenvalue weighted by Crippen LogP contribution is 2.23. The lowest BCUT2D eigenvalue weighted by Gasteiger charge is -1.96. The zero-order valence-electron chi connectivity index (χ0n) is 7.70. The zero-order chi connectivity index (χ0) is 9.10. The van der Waals surface area contributed by atoms with Gasteiger partial charge in [-0.1, -0.05) is 48.6 Å². The SMILES string of the molecule is CC=C1C=CC(c2ccccc2)=C1. The molecule has 0 heteroatoms. The van der Waals surface area contributed by atoms with E-state index in [1.54, 1.807) is 0 Å². The van der Waals surface area contributed by atoms with Crippen molar-refractivity contribution in [2.75, 3.05) is 0 Å². The molecule has 1 aliphatic rings. The topological polar surface area (TPSA) is 0 Å². The van der Waals surface area contributed by atoms with E-state index in [2.05, 4.69) is 55.5 Å². The highest BCUT2D eigenvalue weighted by Gasteiger charge is 2.02. The Morgan fingerprint density at radius 1 is 1.00 bits per heavy atom. The molecule has 2 rings (SSSR count). The van der Waals surface area contributed by atoms with E-state index < -0.39 is 0 Å². The van der Waals surface area contributed by atoms with Crippen molar-refractivity contribution in [3.8, 4) is 0 Å². The Morgan fingerprint density at radius 2 is 1.77 bits per heavy atom. The molecule has 13 heavy (non-hydrogen) atoms. The summed E-state index contributed by atoms with van der Waals surface area (Å²) in [6.07, 6.45) is 8.62. The van der Waals surface area contributed by atoms with Crippen molar-refractivity contribution in [1.29, 1.82) is 0 Å². The summed E-state index contributed by atoms with van der Waals surface area (Å²) in [6.45, 7) is 2.06. The van der Waals surface area contributed by atoms with Crippen LogP contribution in [-0.2, 0) is 0 Å². The Kier molecular flexibility index (Phi) is 2.13. The molecular formula is C13H12. The van der Waals surface area contributed by atoms with Gasteiger partial charge in [-0.25, -0.2) is 0 Å². The maximum absolute atomic E-state index is 2.20. The van der Waals surface area contributed by atoms with Crippen molar-refractivity contribution in [2.24, 2.45) is 0 Å². The summed E-state index contributed by atoms with van der Waals surface area (Å²) >= 11 is 0. The molecule has 0 amide bonds. The standard InChI is InChI=1S/C13H12/c1-2-11-8-9-13(10-11)12-6-4-3-5-7-12/h2-10H,1H3. The van der Waals surface area contributed by atoms with Gasteiger partial charge in [0.15, 0.2) is 0 Å². The lowest BCUT2D eigenvalue weighted by Crippen LogP contribution is -1.75. The van der Waals surface area contributed by atoms with Gasteiger partial charge >= 0.3 is 0 Å². The molecule has 1 aromatic rings. The summed E-state index contributed by atoms with van der Waals surface area (Å²) in [5, 5.41) is 0. The predicted octanol–water partition coefficient (Wildman–Crippen LogP) is 3.59. The largest absolute Gasteiger partial charge is 0.0804 e. The minimum Gasteiger partial charge on any atom is -0.0804 e. The summed E-state index contributed by atoms with van der Waals surface area (Å²) < 4.78 is 0. The average molecular weight is 168 g/mol. The monoisotopic (exact) mass is 168 g/mol. The second-order valence-corrected chi connectivity index (χ2v) is 3.09. The number of rotatable bonds is 1. The Labute approximate surface area is 78.9 Å². The molecule has 0 unspecified atom stereocenters. The summed E-state index contributed by atoms with van der Waals surface area (Å²) in [7, 11) is 0. The first-order valence-corrected chi connectivity index (χ1v) is 4.51. The van der Waals surface area contributed by atoms with Crippen LogP contribution in [0, 0.1) is 0 Å². The van der Waals surface area contributed by atoms with Crippen molar-refractivity contribution in [2.45, 2.75) is 6.92 Å². The molecule has 0 radical (unpaired) electrons. The van der Waals surface area contributed by atoms with E-state index in [-0.39, 0.29) is 0 Å². The van der Waals surface area contributed by atoms with Crippen LogP contribution in [-0.4, -0.2) is 0 Å². The third kappa shape index (κ3) is 1.62. The smallest absolute Gasteiger partial charge is 0.0178 e. The van der Waals surface area contributed by atoms with E-state index in [0.29, 0.717) is 0 Å². The summed E-state index contributed by atoms with van der Waals surface area (Å²) in [5.41, 5.74) is 3.88. The molecule has 0 aliphatic heterocycles. The van der Waals surface area contributed by atoms with Gasteiger partial charge in [-0.3, -0.25) is 0 Å². The van der Waals surface area contributed by atoms with Gasteiger partial charge < -0.3 is 0 Å². The van der Waals surface area contributed by atoms with E-state index in [1.165, 1.54) is 16.7 Å². The number of hydrogen-bond donors (Lipinski definition) is 0. The Bertz CT molecular complexity index is 378. The molecule has 0 atom stereocenters. The van der Waals surface area contributed by atoms with Crippen LogP contribution in [0.3, 0.4) is 0 Å². The third-order valence-corrected chi connectivity index (χ3v) is 2.22. The first-order chi connectivity index (χ1) is 6.40. The van der Waals surface area contributed by atoms with Crippen LogP contribution in [0.25, 0.3) is 5.57 Å². The number of allylic oxidation sites excluding steroid dienone is 6. The Balaban J connectivity index is 2.36. The molecule has 0 bridgehead atoms. The molecule has 0 heterocycles. The fraction of sp³-hybridized carbons (Fsp3) is 0.0769. The average Bonchev–Trinajstić information content (AvgIpc) is 2.67. The maximum Gasteiger partial charge on any atom is -0.0178 e. The fourth-order valence-electron chi connectivity index (χ4n) is 1.45. The Hall–Kier alpha value is -1.56. The van der Waals surface area contributed by atoms with E-state index in [4.69, 9.17) is 0 Å². The molecule has 1 aromatic carbocycles. The molecule has 0 N–H and O–H groups in total. The lowest BCUT2D eigenvalue weighted by atomic mass is 10.1. The highest BCUT2D eigenvalue weighted by molar-refractivity contribution is 5.80. The van der Waals surface area contributed by atoms with Gasteiger partial charge in [0.1, 0.15) is 0 Å². The molecular weight excluding hydrogens is 156 g/mol. The van der Waals surface area contributed by atoms with E-state index in [9.17, 15) is 0 Å². The lowest BCUT2D eigenvalue weighted by molar-refractivity contribution is 1.62. The first-order valence-electron chi connectivity index (χ1n) is 4.51. The van der Waals surface area contributed by atoms with E-state index in [1.807, 2.05) is 6.07 Å². The van der Waals surface area contributed by atoms with Crippen LogP contribution >= 0.6 is 0 Å². The number of benzene rings is 1. The quantitative estimate of drug-likeness (QED) is 0.601. The van der Waals surface area contributed by atoms with Crippen LogP contribution in [0.15, 0.2) is 60.2 Å². The first kappa shape index (κ1) is 8.06. The van der Waals surface area contributed by atoms with Crippen LogP contribution in [0.4, 0.5) is 0 Å². The van der Waals surface area contributed by atoms with Gasteiger partial charge in [0.2, 0.25) is 0 Å². The summed E-state index contributed by atoms with van der Waals surface area (Å²) in [6, 6.07) is 10.4. The molecule has 0 saturated heterocycles. The summed E-state index contributed by atoms with van der Waals surface area (Å²) in [4.78, 5) is 0. The second-order valence-electron chi connectivity index (χ2n) is 3.09. The van der Waals surface area contributed by atoms with Crippen molar-refractivity contribution in [3.05, 3.63) is 65.8 Å². The Morgan fingerprint density at radius 3 is 2.38 bits per heavy atom. The van der Waals surface area contributed by atoms with Gasteiger partial charge in [0.05, 0.1) is 0 Å². The molecule has 1 aliphatic carbocycles. The molecule has 64 valence electrons. The summed E-state index contributed by atoms with van der Waals surface area (Å²) in [5.74, 6) is 0. The molecule has 0 saturated carbocycles. The van der Waals surface area contributed by atoms with E-state index >= 15 is 0 Å². The van der Waals surface area contributed by atoms with Gasteiger partial charge in [0, 0.05) is 0 Å². The zero-order valence-corrected chi connectivity index (χ0v) is 7.70. The normalized spacial score (nSPS) is 17.9. The highest BCUT2D eigenvalue weighted by atomic mass is 14.1. The molecule has 0 spiro atoms. The minimum absolute atomic E-state index is 1.29. The number of hydrogen-bond acceptors (Lipinski definition) is 0. The van der Waals surface area contributed by atoms with Gasteiger partial charge in [0.25, 0.3) is 0 Å². The second kappa shape index (κ2) is 3.44.